The van der Waals surface area contributed by atoms with Gasteiger partial charge in [-0.2, -0.15) is 0 Å². The lowest BCUT2D eigenvalue weighted by Crippen LogP contribution is -1.99. The van der Waals surface area contributed by atoms with E-state index in [9.17, 15) is 0 Å². The SMILES string of the molecule is Cc1cc(C)cc(C(C)Cc2ccccc2)c1. The van der Waals surface area contributed by atoms with E-state index in [1.54, 1.807) is 0 Å². The van der Waals surface area contributed by atoms with Crippen molar-refractivity contribution in [3.05, 3.63) is 70.8 Å². The summed E-state index contributed by atoms with van der Waals surface area (Å²) in [4.78, 5) is 0. The van der Waals surface area contributed by atoms with E-state index in [-0.39, 0.29) is 0 Å². The molecule has 0 aromatic heterocycles. The maximum absolute atomic E-state index is 2.31. The monoisotopic (exact) mass is 224 g/mol. The van der Waals surface area contributed by atoms with Gasteiger partial charge >= 0.3 is 0 Å². The number of rotatable bonds is 3. The van der Waals surface area contributed by atoms with Crippen LogP contribution >= 0.6 is 0 Å². The van der Waals surface area contributed by atoms with Gasteiger partial charge in [-0.05, 0) is 37.3 Å². The summed E-state index contributed by atoms with van der Waals surface area (Å²) in [6.07, 6.45) is 1.11. The van der Waals surface area contributed by atoms with E-state index in [1.165, 1.54) is 22.3 Å². The highest BCUT2D eigenvalue weighted by atomic mass is 14.1. The van der Waals surface area contributed by atoms with Crippen LogP contribution in [0.15, 0.2) is 48.5 Å². The highest BCUT2D eigenvalue weighted by Gasteiger charge is 2.07. The molecule has 1 atom stereocenters. The molecule has 88 valence electrons. The summed E-state index contributed by atoms with van der Waals surface area (Å²) in [7, 11) is 0. The van der Waals surface area contributed by atoms with Gasteiger partial charge in [-0.25, -0.2) is 0 Å². The zero-order valence-corrected chi connectivity index (χ0v) is 10.9. The molecule has 0 fully saturated rings. The van der Waals surface area contributed by atoms with E-state index in [4.69, 9.17) is 0 Å². The van der Waals surface area contributed by atoms with E-state index in [0.29, 0.717) is 5.92 Å². The van der Waals surface area contributed by atoms with Gasteiger partial charge in [-0.3, -0.25) is 0 Å². The van der Waals surface area contributed by atoms with E-state index in [1.807, 2.05) is 0 Å². The van der Waals surface area contributed by atoms with Gasteiger partial charge < -0.3 is 0 Å². The Morgan fingerprint density at radius 1 is 0.882 bits per heavy atom. The lowest BCUT2D eigenvalue weighted by atomic mass is 9.91. The molecule has 0 N–H and O–H groups in total. The largest absolute Gasteiger partial charge is 0.0622 e. The standard InChI is InChI=1S/C17H20/c1-13-9-14(2)11-17(10-13)15(3)12-16-7-5-4-6-8-16/h4-11,15H,12H2,1-3H3. The normalized spacial score (nSPS) is 12.4. The van der Waals surface area contributed by atoms with Crippen molar-refractivity contribution in [1.82, 2.24) is 0 Å². The average molecular weight is 224 g/mol. The smallest absolute Gasteiger partial charge is 0.0150 e. The van der Waals surface area contributed by atoms with Crippen LogP contribution in [0, 0.1) is 13.8 Å². The van der Waals surface area contributed by atoms with Crippen LogP contribution in [0.4, 0.5) is 0 Å². The maximum Gasteiger partial charge on any atom is -0.0150 e. The Kier molecular flexibility index (Phi) is 3.63. The summed E-state index contributed by atoms with van der Waals surface area (Å²) in [6.45, 7) is 6.65. The Bertz CT molecular complexity index is 462. The van der Waals surface area contributed by atoms with Crippen LogP contribution in [0.5, 0.6) is 0 Å². The molecule has 2 aromatic carbocycles. The van der Waals surface area contributed by atoms with E-state index in [2.05, 4.69) is 69.3 Å². The first-order chi connectivity index (χ1) is 8.15. The van der Waals surface area contributed by atoms with Crippen molar-refractivity contribution in [2.45, 2.75) is 33.1 Å². The van der Waals surface area contributed by atoms with Gasteiger partial charge in [0.15, 0.2) is 0 Å². The highest BCUT2D eigenvalue weighted by Crippen LogP contribution is 2.22. The van der Waals surface area contributed by atoms with Gasteiger partial charge in [0.2, 0.25) is 0 Å². The Morgan fingerprint density at radius 3 is 2.06 bits per heavy atom. The van der Waals surface area contributed by atoms with E-state index < -0.39 is 0 Å². The maximum atomic E-state index is 2.31. The predicted molar refractivity (Wildman–Crippen MR) is 74.5 cm³/mol. The van der Waals surface area contributed by atoms with Crippen molar-refractivity contribution in [3.8, 4) is 0 Å². The first-order valence-corrected chi connectivity index (χ1v) is 6.27. The fourth-order valence-electron chi connectivity index (χ4n) is 2.38. The Morgan fingerprint density at radius 2 is 1.47 bits per heavy atom. The third kappa shape index (κ3) is 3.20. The van der Waals surface area contributed by atoms with Crippen molar-refractivity contribution in [2.24, 2.45) is 0 Å². The van der Waals surface area contributed by atoms with Crippen molar-refractivity contribution in [1.29, 1.82) is 0 Å². The molecule has 2 aromatic rings. The summed E-state index contributed by atoms with van der Waals surface area (Å²) < 4.78 is 0. The predicted octanol–water partition coefficient (Wildman–Crippen LogP) is 4.65. The van der Waals surface area contributed by atoms with E-state index in [0.717, 1.165) is 6.42 Å². The molecule has 0 spiro atoms. The molecular weight excluding hydrogens is 204 g/mol. The minimum Gasteiger partial charge on any atom is -0.0622 e. The minimum atomic E-state index is 0.580. The second-order valence-electron chi connectivity index (χ2n) is 5.01. The molecule has 17 heavy (non-hydrogen) atoms. The van der Waals surface area contributed by atoms with E-state index >= 15 is 0 Å². The van der Waals surface area contributed by atoms with Crippen LogP contribution in [0.1, 0.15) is 35.1 Å². The quantitative estimate of drug-likeness (QED) is 0.712. The number of benzene rings is 2. The number of hydrogen-bond acceptors (Lipinski definition) is 0. The van der Waals surface area contributed by atoms with Crippen molar-refractivity contribution < 1.29 is 0 Å². The molecule has 0 amide bonds. The molecular formula is C17H20. The first kappa shape index (κ1) is 11.9. The molecule has 1 unspecified atom stereocenters. The molecule has 0 aliphatic carbocycles. The van der Waals surface area contributed by atoms with Crippen LogP contribution in [0.3, 0.4) is 0 Å². The lowest BCUT2D eigenvalue weighted by molar-refractivity contribution is 0.757. The molecule has 0 aliphatic heterocycles. The molecule has 0 heterocycles. The van der Waals surface area contributed by atoms with Crippen molar-refractivity contribution >= 4 is 0 Å². The fourth-order valence-corrected chi connectivity index (χ4v) is 2.38. The van der Waals surface area contributed by atoms with Gasteiger partial charge in [-0.15, -0.1) is 0 Å². The number of hydrogen-bond donors (Lipinski definition) is 0. The van der Waals surface area contributed by atoms with Crippen molar-refractivity contribution in [3.63, 3.8) is 0 Å². The third-order valence-electron chi connectivity index (χ3n) is 3.20. The van der Waals surface area contributed by atoms with Gasteiger partial charge in [0.05, 0.1) is 0 Å². The highest BCUT2D eigenvalue weighted by molar-refractivity contribution is 5.32. The van der Waals surface area contributed by atoms with Crippen LogP contribution in [-0.4, -0.2) is 0 Å². The molecule has 0 radical (unpaired) electrons. The summed E-state index contributed by atoms with van der Waals surface area (Å²) in [6, 6.07) is 17.6. The lowest BCUT2D eigenvalue weighted by Gasteiger charge is -2.13. The molecule has 0 saturated heterocycles. The minimum absolute atomic E-state index is 0.580. The topological polar surface area (TPSA) is 0 Å². The molecule has 2 rings (SSSR count). The summed E-state index contributed by atoms with van der Waals surface area (Å²) in [5.74, 6) is 0.580. The summed E-state index contributed by atoms with van der Waals surface area (Å²) in [5, 5.41) is 0. The Balaban J connectivity index is 2.17. The Labute approximate surface area is 104 Å². The molecule has 0 bridgehead atoms. The molecule has 0 nitrogen and oxygen atoms in total. The molecule has 0 saturated carbocycles. The third-order valence-corrected chi connectivity index (χ3v) is 3.20. The second-order valence-corrected chi connectivity index (χ2v) is 5.01. The first-order valence-electron chi connectivity index (χ1n) is 6.27. The van der Waals surface area contributed by atoms with Crippen LogP contribution in [0.25, 0.3) is 0 Å². The average Bonchev–Trinajstić information content (AvgIpc) is 2.29. The molecule has 0 aliphatic rings. The van der Waals surface area contributed by atoms with Crippen molar-refractivity contribution in [2.75, 3.05) is 0 Å². The molecule has 0 heteroatoms. The number of aryl methyl sites for hydroxylation is 2. The second kappa shape index (κ2) is 5.18. The summed E-state index contributed by atoms with van der Waals surface area (Å²) >= 11 is 0. The van der Waals surface area contributed by atoms with Gasteiger partial charge in [0.1, 0.15) is 0 Å². The Hall–Kier alpha value is -1.56. The summed E-state index contributed by atoms with van der Waals surface area (Å²) in [5.41, 5.74) is 5.59. The zero-order chi connectivity index (χ0) is 12.3. The van der Waals surface area contributed by atoms with Crippen LogP contribution in [0.2, 0.25) is 0 Å². The van der Waals surface area contributed by atoms with Crippen LogP contribution in [-0.2, 0) is 6.42 Å². The van der Waals surface area contributed by atoms with Gasteiger partial charge in [0, 0.05) is 0 Å². The fraction of sp³-hybridized carbons (Fsp3) is 0.294. The van der Waals surface area contributed by atoms with Gasteiger partial charge in [0.25, 0.3) is 0 Å². The van der Waals surface area contributed by atoms with Crippen LogP contribution < -0.4 is 0 Å². The van der Waals surface area contributed by atoms with Gasteiger partial charge in [-0.1, -0.05) is 66.6 Å². The zero-order valence-electron chi connectivity index (χ0n) is 10.9.